The van der Waals surface area contributed by atoms with Crippen molar-refractivity contribution in [2.45, 2.75) is 117 Å². The molecule has 2 N–H and O–H groups in total. The summed E-state index contributed by atoms with van der Waals surface area (Å²) in [6.07, 6.45) is 6.38. The number of nitrogens with one attached hydrogen (secondary N) is 2. The van der Waals surface area contributed by atoms with E-state index in [1.54, 1.807) is 0 Å². The minimum Gasteiger partial charge on any atom is -0.466 e. The van der Waals surface area contributed by atoms with Crippen molar-refractivity contribution >= 4 is 47.4 Å². The van der Waals surface area contributed by atoms with E-state index in [9.17, 15) is 19.2 Å². The van der Waals surface area contributed by atoms with Gasteiger partial charge in [0, 0.05) is 12.8 Å². The molecule has 1 rings (SSSR count). The predicted octanol–water partition coefficient (Wildman–Crippen LogP) is 5.02. The van der Waals surface area contributed by atoms with Gasteiger partial charge in [-0.2, -0.15) is 15.0 Å². The molecule has 14 heteroatoms. The summed E-state index contributed by atoms with van der Waals surface area (Å²) in [5.41, 5.74) is 0. The Hall–Kier alpha value is -3.22. The molecule has 0 aliphatic heterocycles. The molecule has 1 heterocycles. The van der Waals surface area contributed by atoms with E-state index in [0.717, 1.165) is 38.5 Å². The SMILES string of the molecule is CCCCOC(=O)CCC(Nc1nc(Cl)nc(NC(CCC(=O)OCCCC)C(=O)OCCCC)n1)C(=O)OCCCC. The second-order valence-corrected chi connectivity index (χ2v) is 10.3. The van der Waals surface area contributed by atoms with Crippen LogP contribution in [0.2, 0.25) is 5.28 Å². The van der Waals surface area contributed by atoms with Crippen molar-refractivity contribution in [3.63, 3.8) is 0 Å². The average Bonchev–Trinajstić information content (AvgIpc) is 2.97. The van der Waals surface area contributed by atoms with Crippen LogP contribution in [0.25, 0.3) is 0 Å². The van der Waals surface area contributed by atoms with Crippen LogP contribution in [0.5, 0.6) is 0 Å². The maximum atomic E-state index is 12.8. The van der Waals surface area contributed by atoms with Crippen LogP contribution >= 0.6 is 11.6 Å². The van der Waals surface area contributed by atoms with Crippen molar-refractivity contribution in [1.82, 2.24) is 15.0 Å². The van der Waals surface area contributed by atoms with Crippen molar-refractivity contribution in [3.05, 3.63) is 5.28 Å². The number of halogens is 1. The van der Waals surface area contributed by atoms with Crippen LogP contribution in [0.3, 0.4) is 0 Å². The molecule has 0 saturated heterocycles. The Morgan fingerprint density at radius 2 is 0.953 bits per heavy atom. The molecule has 0 fully saturated rings. The van der Waals surface area contributed by atoms with Gasteiger partial charge in [0.25, 0.3) is 0 Å². The highest BCUT2D eigenvalue weighted by Crippen LogP contribution is 2.16. The number of ether oxygens (including phenoxy) is 4. The maximum Gasteiger partial charge on any atom is 0.328 e. The second-order valence-electron chi connectivity index (χ2n) is 9.91. The lowest BCUT2D eigenvalue weighted by Crippen LogP contribution is -2.35. The number of esters is 4. The Kier molecular flexibility index (Phi) is 20.5. The smallest absolute Gasteiger partial charge is 0.328 e. The van der Waals surface area contributed by atoms with Gasteiger partial charge in [-0.3, -0.25) is 9.59 Å². The topological polar surface area (TPSA) is 168 Å². The molecule has 0 aromatic carbocycles. The summed E-state index contributed by atoms with van der Waals surface area (Å²) in [5, 5.41) is 5.53. The minimum absolute atomic E-state index is 0.0335. The summed E-state index contributed by atoms with van der Waals surface area (Å²) in [6, 6.07) is -1.95. The van der Waals surface area contributed by atoms with Crippen molar-refractivity contribution < 1.29 is 38.1 Å². The van der Waals surface area contributed by atoms with E-state index in [4.69, 9.17) is 30.5 Å². The van der Waals surface area contributed by atoms with Gasteiger partial charge in [-0.15, -0.1) is 0 Å². The number of anilines is 2. The summed E-state index contributed by atoms with van der Waals surface area (Å²) in [6.45, 7) is 8.99. The van der Waals surface area contributed by atoms with Gasteiger partial charge in [-0.25, -0.2) is 9.59 Å². The molecule has 244 valence electrons. The number of hydrogen-bond donors (Lipinski definition) is 2. The first-order valence-corrected chi connectivity index (χ1v) is 15.7. The Morgan fingerprint density at radius 3 is 1.30 bits per heavy atom. The summed E-state index contributed by atoms with van der Waals surface area (Å²) in [7, 11) is 0. The highest BCUT2D eigenvalue weighted by molar-refractivity contribution is 6.28. The van der Waals surface area contributed by atoms with E-state index >= 15 is 0 Å². The van der Waals surface area contributed by atoms with Gasteiger partial charge in [-0.1, -0.05) is 53.4 Å². The molecular weight excluding hydrogens is 582 g/mol. The third kappa shape index (κ3) is 17.5. The van der Waals surface area contributed by atoms with Crippen molar-refractivity contribution in [2.24, 2.45) is 0 Å². The number of aromatic nitrogens is 3. The fraction of sp³-hybridized carbons (Fsp3) is 0.759. The van der Waals surface area contributed by atoms with Crippen molar-refractivity contribution in [3.8, 4) is 0 Å². The fourth-order valence-corrected chi connectivity index (χ4v) is 3.61. The van der Waals surface area contributed by atoms with Crippen LogP contribution in [0.15, 0.2) is 0 Å². The first-order valence-electron chi connectivity index (χ1n) is 15.3. The monoisotopic (exact) mass is 629 g/mol. The van der Waals surface area contributed by atoms with Crippen LogP contribution in [-0.2, 0) is 38.1 Å². The van der Waals surface area contributed by atoms with E-state index in [-0.39, 0.29) is 56.1 Å². The first-order chi connectivity index (χ1) is 20.7. The minimum atomic E-state index is -0.977. The molecule has 0 aliphatic rings. The van der Waals surface area contributed by atoms with Gasteiger partial charge >= 0.3 is 23.9 Å². The lowest BCUT2D eigenvalue weighted by molar-refractivity contribution is -0.148. The van der Waals surface area contributed by atoms with Gasteiger partial charge in [0.15, 0.2) is 0 Å². The molecule has 2 atom stereocenters. The highest BCUT2D eigenvalue weighted by atomic mass is 35.5. The quantitative estimate of drug-likeness (QED) is 0.0889. The number of carbonyl (C=O) groups is 4. The van der Waals surface area contributed by atoms with Crippen LogP contribution in [0, 0.1) is 0 Å². The third-order valence-electron chi connectivity index (χ3n) is 6.06. The zero-order chi connectivity index (χ0) is 31.9. The summed E-state index contributed by atoms with van der Waals surface area (Å²) >= 11 is 6.15. The number of hydrogen-bond acceptors (Lipinski definition) is 13. The van der Waals surface area contributed by atoms with E-state index < -0.39 is 36.0 Å². The first kappa shape index (κ1) is 37.8. The zero-order valence-corrected chi connectivity index (χ0v) is 26.7. The van der Waals surface area contributed by atoms with Gasteiger partial charge in [0.05, 0.1) is 26.4 Å². The molecule has 1 aromatic heterocycles. The Bertz CT molecular complexity index is 912. The molecular formula is C29H48ClN5O8. The molecule has 0 saturated carbocycles. The van der Waals surface area contributed by atoms with Gasteiger partial charge in [0.2, 0.25) is 17.2 Å². The molecule has 0 aliphatic carbocycles. The van der Waals surface area contributed by atoms with Crippen molar-refractivity contribution in [2.75, 3.05) is 37.1 Å². The number of nitrogens with zero attached hydrogens (tertiary/aromatic N) is 3. The Balaban J connectivity index is 3.04. The summed E-state index contributed by atoms with van der Waals surface area (Å²) in [5.74, 6) is -2.18. The Morgan fingerprint density at radius 1 is 0.605 bits per heavy atom. The van der Waals surface area contributed by atoms with Gasteiger partial charge < -0.3 is 29.6 Å². The third-order valence-corrected chi connectivity index (χ3v) is 6.23. The van der Waals surface area contributed by atoms with E-state index in [1.165, 1.54) is 0 Å². The standard InChI is InChI=1S/C29H48ClN5O8/c1-5-9-17-40-23(36)15-13-21(25(38)42-19-11-7-3)31-28-33-27(30)34-29(35-28)32-22(26(39)43-20-12-8-4)14-16-24(37)41-18-10-6-2/h21-22H,5-20H2,1-4H3,(H2,31,32,33,34,35). The summed E-state index contributed by atoms with van der Waals surface area (Å²) in [4.78, 5) is 62.4. The highest BCUT2D eigenvalue weighted by Gasteiger charge is 2.26. The molecule has 2 unspecified atom stereocenters. The van der Waals surface area contributed by atoms with E-state index in [1.807, 2.05) is 27.7 Å². The summed E-state index contributed by atoms with van der Waals surface area (Å²) < 4.78 is 21.1. The largest absolute Gasteiger partial charge is 0.466 e. The fourth-order valence-electron chi connectivity index (χ4n) is 3.45. The second kappa shape index (κ2) is 23.3. The van der Waals surface area contributed by atoms with E-state index in [2.05, 4.69) is 25.6 Å². The molecule has 0 radical (unpaired) electrons. The maximum absolute atomic E-state index is 12.8. The molecule has 0 amide bonds. The Labute approximate surface area is 259 Å². The predicted molar refractivity (Wildman–Crippen MR) is 162 cm³/mol. The molecule has 0 bridgehead atoms. The van der Waals surface area contributed by atoms with Crippen LogP contribution in [-0.4, -0.2) is 77.3 Å². The van der Waals surface area contributed by atoms with Crippen LogP contribution < -0.4 is 10.6 Å². The lowest BCUT2D eigenvalue weighted by Gasteiger charge is -2.19. The van der Waals surface area contributed by atoms with Crippen molar-refractivity contribution in [1.29, 1.82) is 0 Å². The van der Waals surface area contributed by atoms with Gasteiger partial charge in [0.1, 0.15) is 12.1 Å². The number of unbranched alkanes of at least 4 members (excludes halogenated alkanes) is 4. The number of carbonyl (C=O) groups excluding carboxylic acids is 4. The molecule has 13 nitrogen and oxygen atoms in total. The normalized spacial score (nSPS) is 12.1. The lowest BCUT2D eigenvalue weighted by atomic mass is 10.1. The molecule has 0 spiro atoms. The molecule has 1 aromatic rings. The van der Waals surface area contributed by atoms with Crippen LogP contribution in [0.1, 0.15) is 105 Å². The van der Waals surface area contributed by atoms with Gasteiger partial charge in [-0.05, 0) is 50.1 Å². The molecule has 43 heavy (non-hydrogen) atoms. The van der Waals surface area contributed by atoms with Crippen LogP contribution in [0.4, 0.5) is 11.9 Å². The zero-order valence-electron chi connectivity index (χ0n) is 26.0. The number of rotatable bonds is 24. The average molecular weight is 630 g/mol. The van der Waals surface area contributed by atoms with E-state index in [0.29, 0.717) is 26.1 Å².